The third-order valence-corrected chi connectivity index (χ3v) is 2.66. The van der Waals surface area contributed by atoms with Gasteiger partial charge in [0.25, 0.3) is 0 Å². The Balaban J connectivity index is 2.61. The maximum Gasteiger partial charge on any atom is 0.162 e. The molecule has 0 heterocycles. The fourth-order valence-corrected chi connectivity index (χ4v) is 1.82. The van der Waals surface area contributed by atoms with Gasteiger partial charge in [0.05, 0.1) is 6.61 Å². The molecule has 0 aliphatic carbocycles. The summed E-state index contributed by atoms with van der Waals surface area (Å²) in [5.74, 6) is -1.55. The average molecular weight is 257 g/mol. The maximum atomic E-state index is 13.5. The van der Waals surface area contributed by atoms with Crippen molar-refractivity contribution < 1.29 is 13.5 Å². The van der Waals surface area contributed by atoms with Gasteiger partial charge in [-0.15, -0.1) is 0 Å². The summed E-state index contributed by atoms with van der Waals surface area (Å²) in [5, 5.41) is 3.22. The van der Waals surface area contributed by atoms with Crippen molar-refractivity contribution in [3.8, 4) is 0 Å². The van der Waals surface area contributed by atoms with Crippen molar-refractivity contribution in [2.75, 3.05) is 19.8 Å². The topological polar surface area (TPSA) is 21.3 Å². The van der Waals surface area contributed by atoms with Crippen molar-refractivity contribution in [3.05, 3.63) is 35.4 Å². The van der Waals surface area contributed by atoms with E-state index in [-0.39, 0.29) is 6.04 Å². The lowest BCUT2D eigenvalue weighted by Crippen LogP contribution is -2.35. The van der Waals surface area contributed by atoms with Crippen LogP contribution in [-0.2, 0) is 11.2 Å². The van der Waals surface area contributed by atoms with Crippen molar-refractivity contribution in [1.29, 1.82) is 0 Å². The molecule has 1 N–H and O–H groups in total. The summed E-state index contributed by atoms with van der Waals surface area (Å²) < 4.78 is 32.1. The Bertz CT molecular complexity index is 358. The van der Waals surface area contributed by atoms with E-state index in [1.54, 1.807) is 6.07 Å². The van der Waals surface area contributed by atoms with Crippen LogP contribution >= 0.6 is 0 Å². The van der Waals surface area contributed by atoms with Crippen LogP contribution in [0.1, 0.15) is 25.8 Å². The molecule has 0 aliphatic heterocycles. The molecule has 1 aromatic rings. The van der Waals surface area contributed by atoms with E-state index >= 15 is 0 Å². The van der Waals surface area contributed by atoms with Crippen LogP contribution in [0.15, 0.2) is 18.2 Å². The summed E-state index contributed by atoms with van der Waals surface area (Å²) in [6.07, 6.45) is 1.38. The fraction of sp³-hybridized carbons (Fsp3) is 0.571. The Morgan fingerprint density at radius 3 is 2.72 bits per heavy atom. The van der Waals surface area contributed by atoms with E-state index in [2.05, 4.69) is 5.32 Å². The summed E-state index contributed by atoms with van der Waals surface area (Å²) in [6.45, 7) is 5.99. The van der Waals surface area contributed by atoms with Crippen LogP contribution in [0.2, 0.25) is 0 Å². The number of hydrogen-bond acceptors (Lipinski definition) is 2. The second-order valence-corrected chi connectivity index (χ2v) is 4.25. The fourth-order valence-electron chi connectivity index (χ4n) is 1.82. The molecule has 1 aromatic carbocycles. The molecule has 0 radical (unpaired) electrons. The first-order valence-corrected chi connectivity index (χ1v) is 6.43. The number of benzene rings is 1. The molecule has 2 nitrogen and oxygen atoms in total. The van der Waals surface area contributed by atoms with Crippen molar-refractivity contribution in [2.45, 2.75) is 32.7 Å². The van der Waals surface area contributed by atoms with Gasteiger partial charge in [-0.25, -0.2) is 8.78 Å². The van der Waals surface area contributed by atoms with E-state index in [0.29, 0.717) is 25.2 Å². The van der Waals surface area contributed by atoms with Gasteiger partial charge in [-0.05, 0) is 31.0 Å². The highest BCUT2D eigenvalue weighted by atomic mass is 19.2. The number of halogens is 2. The summed E-state index contributed by atoms with van der Waals surface area (Å²) in [7, 11) is 0. The second kappa shape index (κ2) is 8.16. The minimum atomic E-state index is -0.794. The Labute approximate surface area is 107 Å². The highest BCUT2D eigenvalue weighted by molar-refractivity contribution is 5.20. The van der Waals surface area contributed by atoms with Crippen LogP contribution in [0.4, 0.5) is 8.78 Å². The SMILES string of the molecule is CCCOCC(Cc1cccc(F)c1F)NCC. The van der Waals surface area contributed by atoms with Gasteiger partial charge < -0.3 is 10.1 Å². The second-order valence-electron chi connectivity index (χ2n) is 4.25. The molecule has 1 unspecified atom stereocenters. The Hall–Kier alpha value is -1.00. The third kappa shape index (κ3) is 4.70. The molecule has 4 heteroatoms. The zero-order chi connectivity index (χ0) is 13.4. The molecule has 0 fully saturated rings. The van der Waals surface area contributed by atoms with E-state index in [9.17, 15) is 8.78 Å². The molecule has 0 aliphatic rings. The first-order chi connectivity index (χ1) is 8.69. The first kappa shape index (κ1) is 15.1. The molecular formula is C14H21F2NO. The third-order valence-electron chi connectivity index (χ3n) is 2.66. The van der Waals surface area contributed by atoms with Gasteiger partial charge in [0, 0.05) is 12.6 Å². The van der Waals surface area contributed by atoms with E-state index in [4.69, 9.17) is 4.74 Å². The minimum absolute atomic E-state index is 0.0119. The lowest BCUT2D eigenvalue weighted by molar-refractivity contribution is 0.112. The lowest BCUT2D eigenvalue weighted by atomic mass is 10.1. The Morgan fingerprint density at radius 2 is 2.06 bits per heavy atom. The summed E-state index contributed by atoms with van der Waals surface area (Å²) in [6, 6.07) is 4.29. The van der Waals surface area contributed by atoms with Crippen LogP contribution in [0, 0.1) is 11.6 Å². The summed E-state index contributed by atoms with van der Waals surface area (Å²) in [4.78, 5) is 0. The molecule has 0 aromatic heterocycles. The Kier molecular flexibility index (Phi) is 6.83. The standard InChI is InChI=1S/C14H21F2NO/c1-3-8-18-10-12(17-4-2)9-11-6-5-7-13(15)14(11)16/h5-7,12,17H,3-4,8-10H2,1-2H3. The van der Waals surface area contributed by atoms with E-state index in [0.717, 1.165) is 19.0 Å². The zero-order valence-electron chi connectivity index (χ0n) is 11.0. The smallest absolute Gasteiger partial charge is 0.162 e. The minimum Gasteiger partial charge on any atom is -0.380 e. The largest absolute Gasteiger partial charge is 0.380 e. The summed E-state index contributed by atoms with van der Waals surface area (Å²) >= 11 is 0. The zero-order valence-corrected chi connectivity index (χ0v) is 11.0. The predicted molar refractivity (Wildman–Crippen MR) is 68.6 cm³/mol. The molecule has 0 saturated carbocycles. The average Bonchev–Trinajstić information content (AvgIpc) is 2.35. The molecule has 102 valence electrons. The molecule has 0 saturated heterocycles. The highest BCUT2D eigenvalue weighted by Crippen LogP contribution is 2.13. The highest BCUT2D eigenvalue weighted by Gasteiger charge is 2.13. The molecular weight excluding hydrogens is 236 g/mol. The molecule has 0 amide bonds. The molecule has 18 heavy (non-hydrogen) atoms. The van der Waals surface area contributed by atoms with Crippen molar-refractivity contribution >= 4 is 0 Å². The van der Waals surface area contributed by atoms with E-state index in [1.807, 2.05) is 13.8 Å². The lowest BCUT2D eigenvalue weighted by Gasteiger charge is -2.18. The molecule has 1 atom stereocenters. The van der Waals surface area contributed by atoms with E-state index < -0.39 is 11.6 Å². The van der Waals surface area contributed by atoms with Gasteiger partial charge in [0.2, 0.25) is 0 Å². The quantitative estimate of drug-likeness (QED) is 0.723. The van der Waals surface area contributed by atoms with Gasteiger partial charge >= 0.3 is 0 Å². The Morgan fingerprint density at radius 1 is 1.28 bits per heavy atom. The normalized spacial score (nSPS) is 12.7. The van der Waals surface area contributed by atoms with Crippen LogP contribution in [-0.4, -0.2) is 25.8 Å². The number of hydrogen-bond donors (Lipinski definition) is 1. The van der Waals surface area contributed by atoms with Crippen LogP contribution in [0.3, 0.4) is 0 Å². The maximum absolute atomic E-state index is 13.5. The van der Waals surface area contributed by atoms with Gasteiger partial charge in [0.15, 0.2) is 11.6 Å². The van der Waals surface area contributed by atoms with Crippen molar-refractivity contribution in [3.63, 3.8) is 0 Å². The van der Waals surface area contributed by atoms with Crippen molar-refractivity contribution in [1.82, 2.24) is 5.32 Å². The van der Waals surface area contributed by atoms with Gasteiger partial charge in [-0.3, -0.25) is 0 Å². The monoisotopic (exact) mass is 257 g/mol. The predicted octanol–water partition coefficient (Wildman–Crippen LogP) is 2.91. The van der Waals surface area contributed by atoms with Gasteiger partial charge in [-0.1, -0.05) is 26.0 Å². The number of likely N-dealkylation sites (N-methyl/N-ethyl adjacent to an activating group) is 1. The molecule has 1 rings (SSSR count). The molecule has 0 spiro atoms. The van der Waals surface area contributed by atoms with Gasteiger partial charge in [0.1, 0.15) is 0 Å². The van der Waals surface area contributed by atoms with E-state index in [1.165, 1.54) is 6.07 Å². The van der Waals surface area contributed by atoms with Crippen LogP contribution in [0.25, 0.3) is 0 Å². The first-order valence-electron chi connectivity index (χ1n) is 6.43. The number of ether oxygens (including phenoxy) is 1. The molecule has 0 bridgehead atoms. The van der Waals surface area contributed by atoms with Crippen molar-refractivity contribution in [2.24, 2.45) is 0 Å². The summed E-state index contributed by atoms with van der Waals surface area (Å²) in [5.41, 5.74) is 0.390. The van der Waals surface area contributed by atoms with Crippen LogP contribution < -0.4 is 5.32 Å². The van der Waals surface area contributed by atoms with Gasteiger partial charge in [-0.2, -0.15) is 0 Å². The van der Waals surface area contributed by atoms with Crippen LogP contribution in [0.5, 0.6) is 0 Å². The number of rotatable bonds is 8. The number of nitrogens with one attached hydrogen (secondary N) is 1.